The highest BCUT2D eigenvalue weighted by atomic mass is 16.5. The molecule has 1 atom stereocenters. The van der Waals surface area contributed by atoms with Gasteiger partial charge in [-0.25, -0.2) is 0 Å². The van der Waals surface area contributed by atoms with Gasteiger partial charge in [0, 0.05) is 12.5 Å². The van der Waals surface area contributed by atoms with Gasteiger partial charge in [-0.2, -0.15) is 0 Å². The van der Waals surface area contributed by atoms with Crippen molar-refractivity contribution in [3.8, 4) is 5.75 Å². The Morgan fingerprint density at radius 1 is 1.50 bits per heavy atom. The smallest absolute Gasteiger partial charge is 0.303 e. The summed E-state index contributed by atoms with van der Waals surface area (Å²) in [5, 5.41) is 8.58. The van der Waals surface area contributed by atoms with Gasteiger partial charge in [-0.15, -0.1) is 0 Å². The molecule has 0 bridgehead atoms. The summed E-state index contributed by atoms with van der Waals surface area (Å²) in [6.07, 6.45) is 0.513. The van der Waals surface area contributed by atoms with Crippen molar-refractivity contribution in [1.29, 1.82) is 0 Å². The summed E-state index contributed by atoms with van der Waals surface area (Å²) in [7, 11) is 1.60. The Bertz CT molecular complexity index is 377. The molecular weight excluding hydrogens is 206 g/mol. The lowest BCUT2D eigenvalue weighted by atomic mass is 10.0. The molecule has 0 aromatic heterocycles. The van der Waals surface area contributed by atoms with Crippen LogP contribution in [0.4, 0.5) is 0 Å². The van der Waals surface area contributed by atoms with Gasteiger partial charge in [0.2, 0.25) is 0 Å². The van der Waals surface area contributed by atoms with E-state index >= 15 is 0 Å². The first-order valence-corrected chi connectivity index (χ1v) is 5.16. The molecule has 0 spiro atoms. The van der Waals surface area contributed by atoms with E-state index in [0.29, 0.717) is 6.42 Å². The molecule has 0 saturated heterocycles. The predicted molar refractivity (Wildman–Crippen MR) is 61.5 cm³/mol. The Hall–Kier alpha value is -1.55. The minimum Gasteiger partial charge on any atom is -0.497 e. The molecule has 0 radical (unpaired) electrons. The Morgan fingerprint density at radius 3 is 2.75 bits per heavy atom. The first-order chi connectivity index (χ1) is 7.52. The van der Waals surface area contributed by atoms with Crippen molar-refractivity contribution < 1.29 is 14.6 Å². The Labute approximate surface area is 95.0 Å². The Balaban J connectivity index is 2.77. The highest BCUT2D eigenvalue weighted by Gasteiger charge is 2.10. The molecule has 0 amide bonds. The van der Waals surface area contributed by atoms with Crippen molar-refractivity contribution in [3.05, 3.63) is 29.3 Å². The summed E-state index contributed by atoms with van der Waals surface area (Å²) < 4.78 is 5.14. The number of benzene rings is 1. The molecule has 0 heterocycles. The SMILES string of the molecule is COc1cc(C)cc(C(N)CCC(=O)O)c1. The summed E-state index contributed by atoms with van der Waals surface area (Å²) in [5.41, 5.74) is 7.89. The van der Waals surface area contributed by atoms with Crippen LogP contribution in [0.25, 0.3) is 0 Å². The number of hydrogen-bond acceptors (Lipinski definition) is 3. The quantitative estimate of drug-likeness (QED) is 0.799. The fourth-order valence-corrected chi connectivity index (χ4v) is 1.55. The maximum absolute atomic E-state index is 10.4. The number of carbonyl (C=O) groups is 1. The van der Waals surface area contributed by atoms with Crippen molar-refractivity contribution in [2.24, 2.45) is 5.73 Å². The number of nitrogens with two attached hydrogens (primary N) is 1. The van der Waals surface area contributed by atoms with Crippen LogP contribution in [0.15, 0.2) is 18.2 Å². The van der Waals surface area contributed by atoms with Crippen molar-refractivity contribution in [2.75, 3.05) is 7.11 Å². The van der Waals surface area contributed by atoms with Gasteiger partial charge in [0.25, 0.3) is 0 Å². The van der Waals surface area contributed by atoms with E-state index in [-0.39, 0.29) is 12.5 Å². The lowest BCUT2D eigenvalue weighted by Gasteiger charge is -2.13. The number of aliphatic carboxylic acids is 1. The van der Waals surface area contributed by atoms with Crippen LogP contribution in [-0.2, 0) is 4.79 Å². The zero-order valence-electron chi connectivity index (χ0n) is 9.56. The molecule has 0 aliphatic carbocycles. The van der Waals surface area contributed by atoms with Crippen LogP contribution in [0.5, 0.6) is 5.75 Å². The molecule has 88 valence electrons. The number of hydrogen-bond donors (Lipinski definition) is 2. The largest absolute Gasteiger partial charge is 0.497 e. The third kappa shape index (κ3) is 3.55. The van der Waals surface area contributed by atoms with Crippen LogP contribution in [-0.4, -0.2) is 18.2 Å². The van der Waals surface area contributed by atoms with Crippen LogP contribution < -0.4 is 10.5 Å². The third-order valence-corrected chi connectivity index (χ3v) is 2.41. The molecule has 1 aromatic rings. The lowest BCUT2D eigenvalue weighted by molar-refractivity contribution is -0.137. The second kappa shape index (κ2) is 5.51. The first kappa shape index (κ1) is 12.5. The van der Waals surface area contributed by atoms with Crippen molar-refractivity contribution in [2.45, 2.75) is 25.8 Å². The van der Waals surface area contributed by atoms with Crippen LogP contribution in [0.1, 0.15) is 30.0 Å². The van der Waals surface area contributed by atoms with Crippen molar-refractivity contribution in [3.63, 3.8) is 0 Å². The molecule has 1 rings (SSSR count). The minimum absolute atomic E-state index is 0.0808. The zero-order valence-corrected chi connectivity index (χ0v) is 9.56. The van der Waals surface area contributed by atoms with E-state index in [1.165, 1.54) is 0 Å². The second-order valence-corrected chi connectivity index (χ2v) is 3.82. The molecule has 3 N–H and O–H groups in total. The molecule has 1 aromatic carbocycles. The molecule has 0 aliphatic heterocycles. The van der Waals surface area contributed by atoms with Crippen molar-refractivity contribution in [1.82, 2.24) is 0 Å². The summed E-state index contributed by atoms with van der Waals surface area (Å²) in [5.74, 6) is -0.0733. The molecule has 4 nitrogen and oxygen atoms in total. The van der Waals surface area contributed by atoms with Crippen LogP contribution in [0.3, 0.4) is 0 Å². The van der Waals surface area contributed by atoms with E-state index in [9.17, 15) is 4.79 Å². The third-order valence-electron chi connectivity index (χ3n) is 2.41. The highest BCUT2D eigenvalue weighted by Crippen LogP contribution is 2.22. The van der Waals surface area contributed by atoms with E-state index in [0.717, 1.165) is 16.9 Å². The predicted octanol–water partition coefficient (Wildman–Crippen LogP) is 1.87. The molecule has 16 heavy (non-hydrogen) atoms. The van der Waals surface area contributed by atoms with Crippen molar-refractivity contribution >= 4 is 5.97 Å². The van der Waals surface area contributed by atoms with Crippen LogP contribution in [0, 0.1) is 6.92 Å². The Morgan fingerprint density at radius 2 is 2.19 bits per heavy atom. The molecule has 0 aliphatic rings. The molecule has 0 saturated carbocycles. The zero-order chi connectivity index (χ0) is 12.1. The van der Waals surface area contributed by atoms with Gasteiger partial charge in [0.05, 0.1) is 7.11 Å². The minimum atomic E-state index is -0.824. The number of carboxylic acids is 1. The number of carboxylic acid groups (broad SMARTS) is 1. The Kier molecular flexibility index (Phi) is 4.31. The van der Waals surface area contributed by atoms with Gasteiger partial charge in [0.1, 0.15) is 5.75 Å². The number of rotatable bonds is 5. The number of methoxy groups -OCH3 is 1. The summed E-state index contributed by atoms with van der Waals surface area (Å²) in [6.45, 7) is 1.95. The van der Waals surface area contributed by atoms with Gasteiger partial charge in [-0.3, -0.25) is 4.79 Å². The first-order valence-electron chi connectivity index (χ1n) is 5.16. The number of ether oxygens (including phenoxy) is 1. The fraction of sp³-hybridized carbons (Fsp3) is 0.417. The van der Waals surface area contributed by atoms with Crippen LogP contribution >= 0.6 is 0 Å². The number of aryl methyl sites for hydroxylation is 1. The monoisotopic (exact) mass is 223 g/mol. The van der Waals surface area contributed by atoms with Crippen LogP contribution in [0.2, 0.25) is 0 Å². The van der Waals surface area contributed by atoms with Gasteiger partial charge >= 0.3 is 5.97 Å². The summed E-state index contributed by atoms with van der Waals surface area (Å²) in [4.78, 5) is 10.4. The molecule has 4 heteroatoms. The average Bonchev–Trinajstić information content (AvgIpc) is 2.24. The van der Waals surface area contributed by atoms with E-state index in [2.05, 4.69) is 0 Å². The van der Waals surface area contributed by atoms with Gasteiger partial charge in [-0.1, -0.05) is 6.07 Å². The highest BCUT2D eigenvalue weighted by molar-refractivity contribution is 5.66. The van der Waals surface area contributed by atoms with E-state index in [1.54, 1.807) is 7.11 Å². The van der Waals surface area contributed by atoms with Gasteiger partial charge in [-0.05, 0) is 36.6 Å². The summed E-state index contributed by atoms with van der Waals surface area (Å²) in [6, 6.07) is 5.45. The maximum atomic E-state index is 10.4. The standard InChI is InChI=1S/C12H17NO3/c1-8-5-9(7-10(6-8)16-2)11(13)3-4-12(14)15/h5-7,11H,3-4,13H2,1-2H3,(H,14,15). The molecule has 1 unspecified atom stereocenters. The van der Waals surface area contributed by atoms with E-state index in [1.807, 2.05) is 25.1 Å². The second-order valence-electron chi connectivity index (χ2n) is 3.82. The van der Waals surface area contributed by atoms with E-state index in [4.69, 9.17) is 15.6 Å². The normalized spacial score (nSPS) is 12.2. The van der Waals surface area contributed by atoms with Gasteiger partial charge in [0.15, 0.2) is 0 Å². The molecule has 0 fully saturated rings. The fourth-order valence-electron chi connectivity index (χ4n) is 1.55. The van der Waals surface area contributed by atoms with E-state index < -0.39 is 5.97 Å². The maximum Gasteiger partial charge on any atom is 0.303 e. The molecular formula is C12H17NO3. The topological polar surface area (TPSA) is 72.5 Å². The average molecular weight is 223 g/mol. The van der Waals surface area contributed by atoms with Gasteiger partial charge < -0.3 is 15.6 Å². The lowest BCUT2D eigenvalue weighted by Crippen LogP contribution is -2.12. The summed E-state index contributed by atoms with van der Waals surface area (Å²) >= 11 is 0.